The van der Waals surface area contributed by atoms with Gasteiger partial charge in [0.2, 0.25) is 15.2 Å². The number of thioether (sulfide) groups is 1. The summed E-state index contributed by atoms with van der Waals surface area (Å²) in [6, 6.07) is 4.64. The predicted molar refractivity (Wildman–Crippen MR) is 111 cm³/mol. The molecule has 0 atom stereocenters. The van der Waals surface area contributed by atoms with Gasteiger partial charge in [-0.15, -0.1) is 5.10 Å². The number of rotatable bonds is 9. The molecule has 1 fully saturated rings. The zero-order valence-electron chi connectivity index (χ0n) is 16.9. The van der Waals surface area contributed by atoms with Crippen molar-refractivity contribution in [2.24, 2.45) is 0 Å². The lowest BCUT2D eigenvalue weighted by Gasteiger charge is -2.26. The minimum atomic E-state index is -3.57. The average Bonchev–Trinajstić information content (AvgIpc) is 3.16. The third-order valence-electron chi connectivity index (χ3n) is 4.35. The molecule has 1 saturated heterocycles. The zero-order valence-corrected chi connectivity index (χ0v) is 18.5. The van der Waals surface area contributed by atoms with Crippen LogP contribution in [0.3, 0.4) is 0 Å². The Bertz CT molecular complexity index is 973. The van der Waals surface area contributed by atoms with Gasteiger partial charge in [0.1, 0.15) is 11.6 Å². The highest BCUT2D eigenvalue weighted by Crippen LogP contribution is 2.24. The molecule has 1 aromatic carbocycles. The van der Waals surface area contributed by atoms with E-state index in [0.29, 0.717) is 55.1 Å². The zero-order chi connectivity index (χ0) is 21.6. The number of ether oxygens (including phenoxy) is 2. The molecule has 2 heterocycles. The van der Waals surface area contributed by atoms with Gasteiger partial charge in [0, 0.05) is 25.4 Å². The number of amides is 1. The van der Waals surface area contributed by atoms with Gasteiger partial charge < -0.3 is 14.8 Å². The standard InChI is InChI=1S/C18H25N5O5S2/c1-13-11-15(30(25,26)23-6-8-27-9-7-23)3-4-16(13)28-12-17(24)19-5-10-29-18-20-14(2)21-22-18/h3-4,11H,5-10,12H2,1-2H3,(H,19,24)(H,20,21,22). The number of carbonyl (C=O) groups is 1. The fourth-order valence-electron chi connectivity index (χ4n) is 2.79. The van der Waals surface area contributed by atoms with Crippen molar-refractivity contribution in [3.63, 3.8) is 0 Å². The smallest absolute Gasteiger partial charge is 0.257 e. The van der Waals surface area contributed by atoms with E-state index in [0.717, 1.165) is 5.82 Å². The van der Waals surface area contributed by atoms with Crippen molar-refractivity contribution in [3.05, 3.63) is 29.6 Å². The molecule has 3 rings (SSSR count). The van der Waals surface area contributed by atoms with Gasteiger partial charge in [-0.2, -0.15) is 4.31 Å². The van der Waals surface area contributed by atoms with Crippen molar-refractivity contribution < 1.29 is 22.7 Å². The Morgan fingerprint density at radius 2 is 2.10 bits per heavy atom. The van der Waals surface area contributed by atoms with Crippen molar-refractivity contribution in [2.75, 3.05) is 45.2 Å². The molecule has 1 amide bonds. The Balaban J connectivity index is 1.46. The number of nitrogens with zero attached hydrogens (tertiary/aromatic N) is 3. The van der Waals surface area contributed by atoms with E-state index in [9.17, 15) is 13.2 Å². The van der Waals surface area contributed by atoms with Gasteiger partial charge in [-0.05, 0) is 37.6 Å². The molecule has 0 aliphatic carbocycles. The Morgan fingerprint density at radius 3 is 2.77 bits per heavy atom. The summed E-state index contributed by atoms with van der Waals surface area (Å²) in [5.41, 5.74) is 0.646. The van der Waals surface area contributed by atoms with Gasteiger partial charge in [-0.1, -0.05) is 11.8 Å². The van der Waals surface area contributed by atoms with E-state index in [1.807, 2.05) is 6.92 Å². The number of benzene rings is 1. The minimum absolute atomic E-state index is 0.152. The topological polar surface area (TPSA) is 127 Å². The highest BCUT2D eigenvalue weighted by atomic mass is 32.2. The molecular weight excluding hydrogens is 430 g/mol. The van der Waals surface area contributed by atoms with Gasteiger partial charge in [-0.25, -0.2) is 13.4 Å². The van der Waals surface area contributed by atoms with Crippen molar-refractivity contribution in [2.45, 2.75) is 23.9 Å². The molecule has 0 radical (unpaired) electrons. The Hall–Kier alpha value is -2.15. The summed E-state index contributed by atoms with van der Waals surface area (Å²) in [5.74, 6) is 1.59. The molecule has 164 valence electrons. The van der Waals surface area contributed by atoms with Gasteiger partial charge in [0.25, 0.3) is 5.91 Å². The molecule has 1 aliphatic rings. The summed E-state index contributed by atoms with van der Waals surface area (Å²) >= 11 is 1.44. The maximum Gasteiger partial charge on any atom is 0.257 e. The summed E-state index contributed by atoms with van der Waals surface area (Å²) in [5, 5.41) is 10.2. The van der Waals surface area contributed by atoms with Crippen LogP contribution in [-0.4, -0.2) is 79.0 Å². The Labute approximate surface area is 179 Å². The molecule has 10 nitrogen and oxygen atoms in total. The van der Waals surface area contributed by atoms with Crippen LogP contribution in [-0.2, 0) is 19.6 Å². The van der Waals surface area contributed by atoms with Gasteiger partial charge in [0.05, 0.1) is 18.1 Å². The van der Waals surface area contributed by atoms with Crippen LogP contribution in [0.25, 0.3) is 0 Å². The number of nitrogens with one attached hydrogen (secondary N) is 2. The monoisotopic (exact) mass is 455 g/mol. The SMILES string of the molecule is Cc1nc(SCCNC(=O)COc2ccc(S(=O)(=O)N3CCOCC3)cc2C)n[nH]1. The van der Waals surface area contributed by atoms with Crippen molar-refractivity contribution in [1.29, 1.82) is 0 Å². The van der Waals surface area contributed by atoms with E-state index in [1.54, 1.807) is 19.1 Å². The van der Waals surface area contributed by atoms with Crippen LogP contribution < -0.4 is 10.1 Å². The van der Waals surface area contributed by atoms with E-state index in [-0.39, 0.29) is 17.4 Å². The number of morpholine rings is 1. The van der Waals surface area contributed by atoms with Crippen molar-refractivity contribution in [1.82, 2.24) is 24.8 Å². The van der Waals surface area contributed by atoms with Crippen LogP contribution in [0.2, 0.25) is 0 Å². The molecule has 2 aromatic rings. The Kier molecular flexibility index (Phi) is 7.69. The van der Waals surface area contributed by atoms with Gasteiger partial charge >= 0.3 is 0 Å². The lowest BCUT2D eigenvalue weighted by molar-refractivity contribution is -0.122. The highest BCUT2D eigenvalue weighted by Gasteiger charge is 2.26. The molecule has 0 unspecified atom stereocenters. The third kappa shape index (κ3) is 5.94. The van der Waals surface area contributed by atoms with Crippen LogP contribution in [0.4, 0.5) is 0 Å². The van der Waals surface area contributed by atoms with Crippen molar-refractivity contribution >= 4 is 27.7 Å². The van der Waals surface area contributed by atoms with Gasteiger partial charge in [-0.3, -0.25) is 9.89 Å². The first-order valence-electron chi connectivity index (χ1n) is 9.46. The van der Waals surface area contributed by atoms with E-state index >= 15 is 0 Å². The molecule has 12 heteroatoms. The van der Waals surface area contributed by atoms with Crippen LogP contribution in [0.5, 0.6) is 5.75 Å². The normalized spacial score (nSPS) is 15.1. The molecule has 30 heavy (non-hydrogen) atoms. The molecular formula is C18H25N5O5S2. The first-order valence-corrected chi connectivity index (χ1v) is 11.9. The number of aromatic nitrogens is 3. The van der Waals surface area contributed by atoms with E-state index in [1.165, 1.54) is 22.1 Å². The molecule has 0 saturated carbocycles. The number of aryl methyl sites for hydroxylation is 2. The lowest BCUT2D eigenvalue weighted by Crippen LogP contribution is -2.40. The van der Waals surface area contributed by atoms with Gasteiger partial charge in [0.15, 0.2) is 6.61 Å². The predicted octanol–water partition coefficient (Wildman–Crippen LogP) is 0.730. The lowest BCUT2D eigenvalue weighted by atomic mass is 10.2. The largest absolute Gasteiger partial charge is 0.484 e. The maximum atomic E-state index is 12.7. The molecule has 0 spiro atoms. The van der Waals surface area contributed by atoms with Crippen molar-refractivity contribution in [3.8, 4) is 5.75 Å². The number of H-pyrrole nitrogens is 1. The summed E-state index contributed by atoms with van der Waals surface area (Å²) in [4.78, 5) is 16.4. The maximum absolute atomic E-state index is 12.7. The summed E-state index contributed by atoms with van der Waals surface area (Å²) in [7, 11) is -3.57. The molecule has 0 bridgehead atoms. The Morgan fingerprint density at radius 1 is 1.33 bits per heavy atom. The molecule has 1 aromatic heterocycles. The average molecular weight is 456 g/mol. The van der Waals surface area contributed by atoms with Crippen LogP contribution in [0, 0.1) is 13.8 Å². The number of hydrogen-bond donors (Lipinski definition) is 2. The first-order chi connectivity index (χ1) is 14.4. The summed E-state index contributed by atoms with van der Waals surface area (Å²) in [6.07, 6.45) is 0. The number of aromatic amines is 1. The quantitative estimate of drug-likeness (QED) is 0.419. The fraction of sp³-hybridized carbons (Fsp3) is 0.500. The van der Waals surface area contributed by atoms with E-state index in [2.05, 4.69) is 20.5 Å². The molecule has 2 N–H and O–H groups in total. The summed E-state index contributed by atoms with van der Waals surface area (Å²) < 4.78 is 37.6. The second kappa shape index (κ2) is 10.2. The number of sulfonamides is 1. The van der Waals surface area contributed by atoms with Crippen LogP contribution >= 0.6 is 11.8 Å². The second-order valence-corrected chi connectivity index (χ2v) is 9.63. The second-order valence-electron chi connectivity index (χ2n) is 6.63. The number of hydrogen-bond acceptors (Lipinski definition) is 8. The van der Waals surface area contributed by atoms with E-state index in [4.69, 9.17) is 9.47 Å². The molecule has 1 aliphatic heterocycles. The fourth-order valence-corrected chi connectivity index (χ4v) is 4.99. The first kappa shape index (κ1) is 22.5. The summed E-state index contributed by atoms with van der Waals surface area (Å²) in [6.45, 7) is 5.35. The third-order valence-corrected chi connectivity index (χ3v) is 7.09. The van der Waals surface area contributed by atoms with E-state index < -0.39 is 10.0 Å². The minimum Gasteiger partial charge on any atom is -0.484 e. The number of carbonyl (C=O) groups excluding carboxylic acids is 1. The van der Waals surface area contributed by atoms with Crippen LogP contribution in [0.15, 0.2) is 28.3 Å². The van der Waals surface area contributed by atoms with Crippen LogP contribution in [0.1, 0.15) is 11.4 Å². The highest BCUT2D eigenvalue weighted by molar-refractivity contribution is 7.99.